The fraction of sp³-hybridized carbons (Fsp3) is 0.286. The third-order valence-corrected chi connectivity index (χ3v) is 3.21. The molecule has 0 aliphatic heterocycles. The van der Waals surface area contributed by atoms with Crippen LogP contribution < -0.4 is 5.32 Å². The molecular formula is C14H14ClN3O4. The number of amides is 1. The van der Waals surface area contributed by atoms with Gasteiger partial charge >= 0.3 is 5.97 Å². The van der Waals surface area contributed by atoms with Crippen LogP contribution in [0.15, 0.2) is 22.9 Å². The minimum absolute atomic E-state index is 0.153. The van der Waals surface area contributed by atoms with Gasteiger partial charge in [0, 0.05) is 6.20 Å². The summed E-state index contributed by atoms with van der Waals surface area (Å²) >= 11 is 5.85. The Bertz CT molecular complexity index is 694. The summed E-state index contributed by atoms with van der Waals surface area (Å²) in [6.45, 7) is 4.67. The molecule has 0 radical (unpaired) electrons. The summed E-state index contributed by atoms with van der Waals surface area (Å²) in [6, 6.07) is 3.22. The largest absolute Gasteiger partial charge is 0.449 e. The molecule has 0 unspecified atom stereocenters. The number of ether oxygens (including phenoxy) is 1. The highest BCUT2D eigenvalue weighted by atomic mass is 35.5. The number of nitrogens with one attached hydrogen (secondary N) is 1. The van der Waals surface area contributed by atoms with E-state index in [1.54, 1.807) is 26.0 Å². The zero-order valence-electron chi connectivity index (χ0n) is 12.2. The van der Waals surface area contributed by atoms with Gasteiger partial charge in [-0.1, -0.05) is 16.8 Å². The van der Waals surface area contributed by atoms with Crippen molar-refractivity contribution in [3.05, 3.63) is 40.5 Å². The number of nitrogens with zero attached hydrogens (tertiary/aromatic N) is 2. The first kappa shape index (κ1) is 16.0. The van der Waals surface area contributed by atoms with Crippen molar-refractivity contribution in [2.45, 2.75) is 26.9 Å². The molecule has 2 rings (SSSR count). The first-order valence-corrected chi connectivity index (χ1v) is 6.83. The van der Waals surface area contributed by atoms with Gasteiger partial charge in [-0.25, -0.2) is 9.78 Å². The highest BCUT2D eigenvalue weighted by molar-refractivity contribution is 6.32. The van der Waals surface area contributed by atoms with Gasteiger partial charge in [-0.2, -0.15) is 0 Å². The molecule has 22 heavy (non-hydrogen) atoms. The molecule has 0 saturated carbocycles. The van der Waals surface area contributed by atoms with Gasteiger partial charge in [-0.15, -0.1) is 0 Å². The fourth-order valence-corrected chi connectivity index (χ4v) is 1.93. The highest BCUT2D eigenvalue weighted by Crippen LogP contribution is 2.19. The molecule has 2 aromatic rings. The van der Waals surface area contributed by atoms with E-state index in [1.807, 2.05) is 0 Å². The molecule has 8 heteroatoms. The second-order valence-electron chi connectivity index (χ2n) is 4.58. The average molecular weight is 324 g/mol. The van der Waals surface area contributed by atoms with Crippen LogP contribution in [0.5, 0.6) is 0 Å². The van der Waals surface area contributed by atoms with Crippen LogP contribution >= 0.6 is 11.6 Å². The molecule has 1 atom stereocenters. The molecule has 0 aliphatic carbocycles. The van der Waals surface area contributed by atoms with Gasteiger partial charge in [0.15, 0.2) is 11.3 Å². The van der Waals surface area contributed by atoms with Gasteiger partial charge in [0.25, 0.3) is 5.91 Å². The normalized spacial score (nSPS) is 11.8. The van der Waals surface area contributed by atoms with Gasteiger partial charge in [0.2, 0.25) is 0 Å². The first-order valence-electron chi connectivity index (χ1n) is 6.45. The van der Waals surface area contributed by atoms with E-state index in [4.69, 9.17) is 20.9 Å². The van der Waals surface area contributed by atoms with Crippen molar-refractivity contribution >= 4 is 29.2 Å². The summed E-state index contributed by atoms with van der Waals surface area (Å²) in [4.78, 5) is 27.9. The topological polar surface area (TPSA) is 94.3 Å². The molecule has 116 valence electrons. The Hall–Kier alpha value is -2.41. The molecule has 2 aromatic heterocycles. The summed E-state index contributed by atoms with van der Waals surface area (Å²) in [5.74, 6) is -0.850. The Labute approximate surface area is 131 Å². The van der Waals surface area contributed by atoms with E-state index in [0.29, 0.717) is 17.1 Å². The molecule has 0 saturated heterocycles. The lowest BCUT2D eigenvalue weighted by Crippen LogP contribution is -2.30. The number of anilines is 1. The second-order valence-corrected chi connectivity index (χ2v) is 4.94. The van der Waals surface area contributed by atoms with E-state index in [1.165, 1.54) is 13.1 Å². The Morgan fingerprint density at radius 3 is 2.73 bits per heavy atom. The van der Waals surface area contributed by atoms with Crippen LogP contribution in [-0.2, 0) is 9.53 Å². The summed E-state index contributed by atoms with van der Waals surface area (Å²) < 4.78 is 10.0. The predicted octanol–water partition coefficient (Wildman–Crippen LogP) is 2.52. The van der Waals surface area contributed by atoms with Crippen molar-refractivity contribution < 1.29 is 18.8 Å². The third kappa shape index (κ3) is 3.43. The van der Waals surface area contributed by atoms with Crippen LogP contribution in [0, 0.1) is 13.8 Å². The number of esters is 1. The van der Waals surface area contributed by atoms with Gasteiger partial charge in [0.05, 0.1) is 11.4 Å². The minimum Gasteiger partial charge on any atom is -0.449 e. The molecule has 0 bridgehead atoms. The van der Waals surface area contributed by atoms with E-state index in [2.05, 4.69) is 15.5 Å². The van der Waals surface area contributed by atoms with E-state index < -0.39 is 18.0 Å². The molecule has 0 aliphatic rings. The quantitative estimate of drug-likeness (QED) is 0.686. The maximum absolute atomic E-state index is 12.0. The zero-order chi connectivity index (χ0) is 16.3. The summed E-state index contributed by atoms with van der Waals surface area (Å²) in [7, 11) is 0. The maximum Gasteiger partial charge on any atom is 0.344 e. The Kier molecular flexibility index (Phi) is 4.77. The number of carbonyl (C=O) groups is 2. The Morgan fingerprint density at radius 1 is 1.41 bits per heavy atom. The lowest BCUT2D eigenvalue weighted by atomic mass is 10.2. The molecule has 0 fully saturated rings. The van der Waals surface area contributed by atoms with E-state index in [9.17, 15) is 9.59 Å². The van der Waals surface area contributed by atoms with E-state index in [-0.39, 0.29) is 10.7 Å². The van der Waals surface area contributed by atoms with Gasteiger partial charge in [-0.3, -0.25) is 4.79 Å². The van der Waals surface area contributed by atoms with Crippen LogP contribution in [0.25, 0.3) is 0 Å². The van der Waals surface area contributed by atoms with Crippen molar-refractivity contribution in [1.29, 1.82) is 0 Å². The zero-order valence-corrected chi connectivity index (χ0v) is 13.0. The second kappa shape index (κ2) is 6.57. The predicted molar refractivity (Wildman–Crippen MR) is 78.7 cm³/mol. The molecule has 1 N–H and O–H groups in total. The SMILES string of the molecule is Cc1noc(C)c1C(=O)O[C@H](C)C(=O)Nc1cccnc1Cl. The standard InChI is InChI=1S/C14H14ClN3O4/c1-7-11(8(2)22-18-7)14(20)21-9(3)13(19)17-10-5-4-6-16-12(10)15/h4-6,9H,1-3H3,(H,17,19)/t9-/m1/s1. The van der Waals surface area contributed by atoms with Crippen molar-refractivity contribution in [1.82, 2.24) is 10.1 Å². The number of rotatable bonds is 4. The molecule has 2 heterocycles. The average Bonchev–Trinajstić information content (AvgIpc) is 2.80. The number of aromatic nitrogens is 2. The molecular weight excluding hydrogens is 310 g/mol. The van der Waals surface area contributed by atoms with Crippen molar-refractivity contribution in [3.8, 4) is 0 Å². The summed E-state index contributed by atoms with van der Waals surface area (Å²) in [5, 5.41) is 6.36. The monoisotopic (exact) mass is 323 g/mol. The minimum atomic E-state index is -1.02. The lowest BCUT2D eigenvalue weighted by molar-refractivity contribution is -0.123. The fourth-order valence-electron chi connectivity index (χ4n) is 1.76. The number of hydrogen-bond acceptors (Lipinski definition) is 6. The van der Waals surface area contributed by atoms with Crippen LogP contribution in [0.4, 0.5) is 5.69 Å². The Balaban J connectivity index is 2.03. The van der Waals surface area contributed by atoms with Crippen LogP contribution in [0.1, 0.15) is 28.7 Å². The van der Waals surface area contributed by atoms with Crippen LogP contribution in [0.3, 0.4) is 0 Å². The molecule has 1 amide bonds. The van der Waals surface area contributed by atoms with Gasteiger partial charge in [0.1, 0.15) is 11.3 Å². The van der Waals surface area contributed by atoms with Gasteiger partial charge < -0.3 is 14.6 Å². The van der Waals surface area contributed by atoms with Gasteiger partial charge in [-0.05, 0) is 32.9 Å². The number of hydrogen-bond donors (Lipinski definition) is 1. The van der Waals surface area contributed by atoms with Crippen LogP contribution in [-0.4, -0.2) is 28.1 Å². The smallest absolute Gasteiger partial charge is 0.344 e. The Morgan fingerprint density at radius 2 is 2.14 bits per heavy atom. The maximum atomic E-state index is 12.0. The van der Waals surface area contributed by atoms with E-state index >= 15 is 0 Å². The number of pyridine rings is 1. The lowest BCUT2D eigenvalue weighted by Gasteiger charge is -2.13. The van der Waals surface area contributed by atoms with Crippen LogP contribution in [0.2, 0.25) is 5.15 Å². The summed E-state index contributed by atoms with van der Waals surface area (Å²) in [5.41, 5.74) is 0.971. The molecule has 0 spiro atoms. The molecule has 0 aromatic carbocycles. The van der Waals surface area contributed by atoms with Crippen molar-refractivity contribution in [3.63, 3.8) is 0 Å². The number of aryl methyl sites for hydroxylation is 2. The summed E-state index contributed by atoms with van der Waals surface area (Å²) in [6.07, 6.45) is 0.483. The van der Waals surface area contributed by atoms with Crippen molar-refractivity contribution in [2.75, 3.05) is 5.32 Å². The van der Waals surface area contributed by atoms with E-state index in [0.717, 1.165) is 0 Å². The first-order chi connectivity index (χ1) is 10.4. The van der Waals surface area contributed by atoms with Crippen molar-refractivity contribution in [2.24, 2.45) is 0 Å². The third-order valence-electron chi connectivity index (χ3n) is 2.91. The number of halogens is 1. The highest BCUT2D eigenvalue weighted by Gasteiger charge is 2.24. The molecule has 7 nitrogen and oxygen atoms in total. The number of carbonyl (C=O) groups excluding carboxylic acids is 2.